The largest absolute Gasteiger partial charge is 0.459 e. The normalized spacial score (nSPS) is 39.9. The number of cyclic esters (lactones) is 1. The molecule has 2 aliphatic rings. The first-order chi connectivity index (χ1) is 11.0. The van der Waals surface area contributed by atoms with E-state index in [0.29, 0.717) is 24.7 Å². The highest BCUT2D eigenvalue weighted by Gasteiger charge is 2.44. The van der Waals surface area contributed by atoms with Crippen LogP contribution in [0.1, 0.15) is 73.6 Å². The minimum absolute atomic E-state index is 0.0472. The van der Waals surface area contributed by atoms with Crippen molar-refractivity contribution >= 4 is 5.97 Å². The molecule has 2 bridgehead atoms. The van der Waals surface area contributed by atoms with Gasteiger partial charge in [0.1, 0.15) is 6.10 Å². The molecule has 6 atom stereocenters. The standard InChI is InChI=1S/C19H34O5/c1-12-7-8-17(20)22-16(14(3)23-18(4,5)21)9-15-13(2)11-19(6,10-12)24-15/h12-16,21H,7-11H2,1-6H3. The van der Waals surface area contributed by atoms with Crippen molar-refractivity contribution in [1.82, 2.24) is 0 Å². The maximum absolute atomic E-state index is 12.2. The molecule has 0 radical (unpaired) electrons. The molecule has 0 aromatic carbocycles. The van der Waals surface area contributed by atoms with Gasteiger partial charge in [0, 0.05) is 12.8 Å². The summed E-state index contributed by atoms with van der Waals surface area (Å²) >= 11 is 0. The molecule has 2 aliphatic heterocycles. The summed E-state index contributed by atoms with van der Waals surface area (Å²) in [5.41, 5.74) is -0.123. The Hall–Kier alpha value is -0.650. The van der Waals surface area contributed by atoms with Crippen molar-refractivity contribution in [2.75, 3.05) is 0 Å². The van der Waals surface area contributed by atoms with E-state index in [1.54, 1.807) is 13.8 Å². The molecule has 24 heavy (non-hydrogen) atoms. The average Bonchev–Trinajstić information content (AvgIpc) is 2.66. The molecule has 2 rings (SSSR count). The van der Waals surface area contributed by atoms with Gasteiger partial charge in [-0.2, -0.15) is 0 Å². The van der Waals surface area contributed by atoms with Crippen molar-refractivity contribution in [2.45, 2.75) is 103 Å². The Balaban J connectivity index is 2.17. The molecule has 0 aliphatic carbocycles. The summed E-state index contributed by atoms with van der Waals surface area (Å²) < 4.78 is 17.8. The molecule has 0 spiro atoms. The fraction of sp³-hybridized carbons (Fsp3) is 0.947. The van der Waals surface area contributed by atoms with Crippen LogP contribution in [0.5, 0.6) is 0 Å². The van der Waals surface area contributed by atoms with Gasteiger partial charge in [-0.05, 0) is 58.8 Å². The zero-order valence-electron chi connectivity index (χ0n) is 16.0. The summed E-state index contributed by atoms with van der Waals surface area (Å²) in [5, 5.41) is 9.92. The van der Waals surface area contributed by atoms with Crippen molar-refractivity contribution < 1.29 is 24.1 Å². The number of carbonyl (C=O) groups is 1. The van der Waals surface area contributed by atoms with Gasteiger partial charge < -0.3 is 19.3 Å². The average molecular weight is 342 g/mol. The SMILES string of the molecule is CC1CCC(=O)OC(C(C)OC(C)(C)O)CC2OC(C)(C1)CC2C. The van der Waals surface area contributed by atoms with E-state index in [1.807, 2.05) is 6.92 Å². The molecule has 2 fully saturated rings. The third-order valence-corrected chi connectivity index (χ3v) is 5.19. The number of ether oxygens (including phenoxy) is 3. The maximum atomic E-state index is 12.2. The second-order valence-electron chi connectivity index (χ2n) is 8.67. The van der Waals surface area contributed by atoms with Gasteiger partial charge in [-0.3, -0.25) is 4.79 Å². The zero-order valence-corrected chi connectivity index (χ0v) is 16.0. The summed E-state index contributed by atoms with van der Waals surface area (Å²) in [6, 6.07) is 0. The Morgan fingerprint density at radius 2 is 2.00 bits per heavy atom. The number of aliphatic hydroxyl groups is 1. The first-order valence-electron chi connectivity index (χ1n) is 9.25. The van der Waals surface area contributed by atoms with Crippen molar-refractivity contribution in [3.8, 4) is 0 Å². The Labute approximate surface area is 146 Å². The molecule has 140 valence electrons. The molecule has 1 N–H and O–H groups in total. The van der Waals surface area contributed by atoms with E-state index in [9.17, 15) is 9.90 Å². The smallest absolute Gasteiger partial charge is 0.306 e. The van der Waals surface area contributed by atoms with Gasteiger partial charge in [0.25, 0.3) is 0 Å². The highest BCUT2D eigenvalue weighted by molar-refractivity contribution is 5.69. The van der Waals surface area contributed by atoms with E-state index in [-0.39, 0.29) is 17.7 Å². The van der Waals surface area contributed by atoms with Crippen molar-refractivity contribution in [3.05, 3.63) is 0 Å². The molecule has 5 heteroatoms. The fourth-order valence-corrected chi connectivity index (χ4v) is 4.28. The van der Waals surface area contributed by atoms with Crippen molar-refractivity contribution in [2.24, 2.45) is 11.8 Å². The third-order valence-electron chi connectivity index (χ3n) is 5.19. The number of carbonyl (C=O) groups excluding carboxylic acids is 1. The summed E-state index contributed by atoms with van der Waals surface area (Å²) in [6.07, 6.45) is 3.08. The lowest BCUT2D eigenvalue weighted by atomic mass is 9.84. The second kappa shape index (κ2) is 7.30. The Morgan fingerprint density at radius 1 is 1.33 bits per heavy atom. The summed E-state index contributed by atoms with van der Waals surface area (Å²) in [7, 11) is 0. The number of hydrogen-bond donors (Lipinski definition) is 1. The molecule has 0 amide bonds. The number of fused-ring (bicyclic) bond motifs is 2. The van der Waals surface area contributed by atoms with Crippen LogP contribution in [0, 0.1) is 11.8 Å². The molecule has 2 heterocycles. The quantitative estimate of drug-likeness (QED) is 0.629. The van der Waals surface area contributed by atoms with E-state index in [0.717, 1.165) is 19.3 Å². The predicted molar refractivity (Wildman–Crippen MR) is 91.4 cm³/mol. The maximum Gasteiger partial charge on any atom is 0.306 e. The second-order valence-corrected chi connectivity index (χ2v) is 8.67. The van der Waals surface area contributed by atoms with Gasteiger partial charge in [-0.1, -0.05) is 13.8 Å². The first-order valence-corrected chi connectivity index (χ1v) is 9.25. The minimum Gasteiger partial charge on any atom is -0.459 e. The molecule has 5 nitrogen and oxygen atoms in total. The van der Waals surface area contributed by atoms with E-state index in [4.69, 9.17) is 14.2 Å². The number of esters is 1. The predicted octanol–water partition coefficient (Wildman–Crippen LogP) is 3.43. The van der Waals surface area contributed by atoms with Gasteiger partial charge >= 0.3 is 5.97 Å². The number of hydrogen-bond acceptors (Lipinski definition) is 5. The lowest BCUT2D eigenvalue weighted by Gasteiger charge is -2.32. The highest BCUT2D eigenvalue weighted by Crippen LogP contribution is 2.42. The Kier molecular flexibility index (Phi) is 5.99. The third kappa shape index (κ3) is 5.43. The fourth-order valence-electron chi connectivity index (χ4n) is 4.28. The van der Waals surface area contributed by atoms with Crippen LogP contribution in [0.2, 0.25) is 0 Å². The van der Waals surface area contributed by atoms with E-state index >= 15 is 0 Å². The Bertz CT molecular complexity index is 444. The van der Waals surface area contributed by atoms with Gasteiger partial charge in [-0.15, -0.1) is 0 Å². The molecule has 0 aromatic rings. The highest BCUT2D eigenvalue weighted by atomic mass is 16.6. The van der Waals surface area contributed by atoms with Crippen LogP contribution in [0.3, 0.4) is 0 Å². The molecule has 0 aromatic heterocycles. The molecular weight excluding hydrogens is 308 g/mol. The van der Waals surface area contributed by atoms with Crippen LogP contribution in [0.25, 0.3) is 0 Å². The van der Waals surface area contributed by atoms with E-state index in [2.05, 4.69) is 20.8 Å². The Morgan fingerprint density at radius 3 is 2.62 bits per heavy atom. The molecule has 2 saturated heterocycles. The zero-order chi connectivity index (χ0) is 18.1. The minimum atomic E-state index is -1.26. The van der Waals surface area contributed by atoms with Crippen LogP contribution < -0.4 is 0 Å². The van der Waals surface area contributed by atoms with Gasteiger partial charge in [0.15, 0.2) is 5.79 Å². The lowest BCUT2D eigenvalue weighted by Crippen LogP contribution is -2.40. The van der Waals surface area contributed by atoms with Crippen molar-refractivity contribution in [3.63, 3.8) is 0 Å². The van der Waals surface area contributed by atoms with Crippen LogP contribution in [0.4, 0.5) is 0 Å². The van der Waals surface area contributed by atoms with E-state index < -0.39 is 18.0 Å². The molecule has 6 unspecified atom stereocenters. The summed E-state index contributed by atoms with van der Waals surface area (Å²) in [5.74, 6) is -0.607. The monoisotopic (exact) mass is 342 g/mol. The van der Waals surface area contributed by atoms with Crippen LogP contribution in [-0.2, 0) is 19.0 Å². The molecular formula is C19H34O5. The van der Waals surface area contributed by atoms with Gasteiger partial charge in [0.2, 0.25) is 0 Å². The topological polar surface area (TPSA) is 65.0 Å². The van der Waals surface area contributed by atoms with Gasteiger partial charge in [-0.25, -0.2) is 0 Å². The van der Waals surface area contributed by atoms with E-state index in [1.165, 1.54) is 0 Å². The van der Waals surface area contributed by atoms with Crippen LogP contribution in [-0.4, -0.2) is 40.8 Å². The van der Waals surface area contributed by atoms with Crippen LogP contribution >= 0.6 is 0 Å². The van der Waals surface area contributed by atoms with Crippen LogP contribution in [0.15, 0.2) is 0 Å². The first kappa shape index (κ1) is 19.7. The van der Waals surface area contributed by atoms with Crippen molar-refractivity contribution in [1.29, 1.82) is 0 Å². The lowest BCUT2D eigenvalue weighted by molar-refractivity contribution is -0.229. The summed E-state index contributed by atoms with van der Waals surface area (Å²) in [4.78, 5) is 12.2. The molecule has 0 saturated carbocycles. The summed E-state index contributed by atoms with van der Waals surface area (Å²) in [6.45, 7) is 11.6. The van der Waals surface area contributed by atoms with Gasteiger partial charge in [0.05, 0.1) is 17.8 Å². The number of rotatable bonds is 3.